The van der Waals surface area contributed by atoms with Crippen LogP contribution in [-0.4, -0.2) is 77.6 Å². The first-order chi connectivity index (χ1) is 18.1. The number of nitrogens with zero attached hydrogens (tertiary/aromatic N) is 3. The van der Waals surface area contributed by atoms with Crippen molar-refractivity contribution >= 4 is 12.0 Å². The van der Waals surface area contributed by atoms with Crippen molar-refractivity contribution in [3.05, 3.63) is 35.4 Å². The number of likely N-dealkylation sites (tertiary alicyclic amines) is 2. The van der Waals surface area contributed by atoms with Gasteiger partial charge in [0.1, 0.15) is 5.60 Å². The number of alkyl halides is 3. The van der Waals surface area contributed by atoms with Gasteiger partial charge in [-0.05, 0) is 62.1 Å². The second kappa shape index (κ2) is 11.0. The van der Waals surface area contributed by atoms with Crippen LogP contribution in [0.25, 0.3) is 0 Å². The fourth-order valence-corrected chi connectivity index (χ4v) is 6.55. The van der Waals surface area contributed by atoms with E-state index in [0.29, 0.717) is 25.6 Å². The van der Waals surface area contributed by atoms with Gasteiger partial charge in [0, 0.05) is 64.1 Å². The molecule has 210 valence electrons. The molecule has 1 aromatic rings. The molecular weight excluding hydrogens is 497 g/mol. The number of rotatable bonds is 5. The van der Waals surface area contributed by atoms with Crippen LogP contribution in [-0.2, 0) is 22.3 Å². The van der Waals surface area contributed by atoms with E-state index in [4.69, 9.17) is 10.5 Å². The standard InChI is InChI=1S/C28H39F3N4O3/c29-28(30,31)23-7-3-20(4-8-23)17-33-15-11-27(12-16-33)19-35(26(37)38-27)18-21-1-5-22(6-2-21)25(36)34-13-9-24(32)10-14-34/h3-4,7-8,21-22,24H,1-2,5-6,9-19,32H2. The third-order valence-electron chi connectivity index (χ3n) is 9.02. The van der Waals surface area contributed by atoms with Crippen LogP contribution >= 0.6 is 0 Å². The number of hydrogen-bond acceptors (Lipinski definition) is 5. The van der Waals surface area contributed by atoms with Gasteiger partial charge in [-0.2, -0.15) is 13.2 Å². The van der Waals surface area contributed by atoms with E-state index in [2.05, 4.69) is 4.90 Å². The predicted molar refractivity (Wildman–Crippen MR) is 136 cm³/mol. The van der Waals surface area contributed by atoms with Gasteiger partial charge in [-0.1, -0.05) is 12.1 Å². The lowest BCUT2D eigenvalue weighted by molar-refractivity contribution is -0.138. The van der Waals surface area contributed by atoms with Gasteiger partial charge in [0.05, 0.1) is 12.1 Å². The lowest BCUT2D eigenvalue weighted by Gasteiger charge is -2.38. The molecule has 38 heavy (non-hydrogen) atoms. The summed E-state index contributed by atoms with van der Waals surface area (Å²) >= 11 is 0. The summed E-state index contributed by atoms with van der Waals surface area (Å²) in [5, 5.41) is 0. The quantitative estimate of drug-likeness (QED) is 0.609. The van der Waals surface area contributed by atoms with Crippen LogP contribution in [0.2, 0.25) is 0 Å². The average molecular weight is 537 g/mol. The van der Waals surface area contributed by atoms with Crippen LogP contribution in [0.15, 0.2) is 24.3 Å². The Morgan fingerprint density at radius 2 is 1.61 bits per heavy atom. The van der Waals surface area contributed by atoms with E-state index in [0.717, 1.165) is 95.2 Å². The zero-order valence-corrected chi connectivity index (χ0v) is 21.9. The number of carbonyl (C=O) groups excluding carboxylic acids is 2. The highest BCUT2D eigenvalue weighted by Crippen LogP contribution is 2.37. The van der Waals surface area contributed by atoms with Crippen molar-refractivity contribution in [1.82, 2.24) is 14.7 Å². The molecule has 0 unspecified atom stereocenters. The summed E-state index contributed by atoms with van der Waals surface area (Å²) in [5.41, 5.74) is 5.71. The van der Waals surface area contributed by atoms with E-state index >= 15 is 0 Å². The Morgan fingerprint density at radius 1 is 0.974 bits per heavy atom. The summed E-state index contributed by atoms with van der Waals surface area (Å²) in [7, 11) is 0. The second-order valence-corrected chi connectivity index (χ2v) is 11.8. The van der Waals surface area contributed by atoms with Gasteiger partial charge < -0.3 is 20.3 Å². The molecule has 1 saturated carbocycles. The average Bonchev–Trinajstić information content (AvgIpc) is 3.20. The summed E-state index contributed by atoms with van der Waals surface area (Å²) in [5.74, 6) is 0.751. The minimum atomic E-state index is -4.33. The first kappa shape index (κ1) is 27.2. The number of nitrogens with two attached hydrogens (primary N) is 1. The summed E-state index contributed by atoms with van der Waals surface area (Å²) in [6.07, 6.45) is 2.27. The van der Waals surface area contributed by atoms with E-state index in [1.165, 1.54) is 12.1 Å². The molecule has 0 bridgehead atoms. The van der Waals surface area contributed by atoms with E-state index in [9.17, 15) is 22.8 Å². The Morgan fingerprint density at radius 3 is 2.21 bits per heavy atom. The highest BCUT2D eigenvalue weighted by atomic mass is 19.4. The van der Waals surface area contributed by atoms with Gasteiger partial charge in [0.15, 0.2) is 0 Å². The molecule has 1 aromatic carbocycles. The monoisotopic (exact) mass is 536 g/mol. The number of ether oxygens (including phenoxy) is 1. The van der Waals surface area contributed by atoms with Crippen LogP contribution in [0.1, 0.15) is 62.5 Å². The Bertz CT molecular complexity index is 978. The summed E-state index contributed by atoms with van der Waals surface area (Å²) in [6.45, 7) is 4.85. The highest BCUT2D eigenvalue weighted by Gasteiger charge is 2.47. The Balaban J connectivity index is 1.05. The molecule has 10 heteroatoms. The molecule has 1 spiro atoms. The van der Waals surface area contributed by atoms with Crippen molar-refractivity contribution in [3.8, 4) is 0 Å². The molecule has 4 aliphatic rings. The summed E-state index contributed by atoms with van der Waals surface area (Å²) in [4.78, 5) is 31.7. The maximum Gasteiger partial charge on any atom is 0.416 e. The van der Waals surface area contributed by atoms with E-state index in [1.54, 1.807) is 0 Å². The molecule has 5 rings (SSSR count). The molecule has 2 N–H and O–H groups in total. The van der Waals surface area contributed by atoms with Crippen LogP contribution < -0.4 is 5.73 Å². The number of carbonyl (C=O) groups is 2. The molecule has 3 aliphatic heterocycles. The van der Waals surface area contributed by atoms with Crippen molar-refractivity contribution in [1.29, 1.82) is 0 Å². The maximum atomic E-state index is 12.9. The fourth-order valence-electron chi connectivity index (χ4n) is 6.55. The first-order valence-electron chi connectivity index (χ1n) is 14.0. The maximum absolute atomic E-state index is 12.9. The van der Waals surface area contributed by atoms with E-state index < -0.39 is 17.3 Å². The first-order valence-corrected chi connectivity index (χ1v) is 14.0. The number of piperidine rings is 2. The molecule has 1 aliphatic carbocycles. The Labute approximate surface area is 222 Å². The Hall–Kier alpha value is -2.33. The fraction of sp³-hybridized carbons (Fsp3) is 0.714. The van der Waals surface area contributed by atoms with Crippen molar-refractivity contribution in [2.24, 2.45) is 17.6 Å². The molecular formula is C28H39F3N4O3. The second-order valence-electron chi connectivity index (χ2n) is 11.8. The predicted octanol–water partition coefficient (Wildman–Crippen LogP) is 4.25. The number of benzene rings is 1. The van der Waals surface area contributed by atoms with Crippen molar-refractivity contribution in [3.63, 3.8) is 0 Å². The number of halogens is 3. The van der Waals surface area contributed by atoms with E-state index in [1.807, 2.05) is 9.80 Å². The molecule has 0 radical (unpaired) electrons. The van der Waals surface area contributed by atoms with Gasteiger partial charge in [-0.25, -0.2) is 4.79 Å². The minimum absolute atomic E-state index is 0.0893. The van der Waals surface area contributed by atoms with Gasteiger partial charge in [0.2, 0.25) is 5.91 Å². The van der Waals surface area contributed by atoms with Crippen molar-refractivity contribution in [2.45, 2.75) is 75.7 Å². The van der Waals surface area contributed by atoms with Crippen LogP contribution in [0.4, 0.5) is 18.0 Å². The van der Waals surface area contributed by atoms with Gasteiger partial charge in [-0.3, -0.25) is 9.69 Å². The van der Waals surface area contributed by atoms with Crippen LogP contribution in [0.5, 0.6) is 0 Å². The zero-order valence-electron chi connectivity index (χ0n) is 21.9. The SMILES string of the molecule is NC1CCN(C(=O)C2CCC(CN3CC4(CCN(Cc5ccc(C(F)(F)F)cc5)CC4)OC3=O)CC2)CC1. The summed E-state index contributed by atoms with van der Waals surface area (Å²) < 4.78 is 44.4. The Kier molecular flexibility index (Phi) is 7.91. The normalized spacial score (nSPS) is 27.1. The molecule has 2 amide bonds. The molecule has 0 atom stereocenters. The molecule has 4 fully saturated rings. The van der Waals surface area contributed by atoms with Crippen molar-refractivity contribution in [2.75, 3.05) is 39.3 Å². The van der Waals surface area contributed by atoms with Crippen molar-refractivity contribution < 1.29 is 27.5 Å². The smallest absolute Gasteiger partial charge is 0.416 e. The zero-order chi connectivity index (χ0) is 26.9. The minimum Gasteiger partial charge on any atom is -0.441 e. The van der Waals surface area contributed by atoms with Gasteiger partial charge in [0.25, 0.3) is 0 Å². The topological polar surface area (TPSA) is 79.1 Å². The van der Waals surface area contributed by atoms with Crippen LogP contribution in [0, 0.1) is 11.8 Å². The van der Waals surface area contributed by atoms with E-state index in [-0.39, 0.29) is 24.0 Å². The van der Waals surface area contributed by atoms with Crippen LogP contribution in [0.3, 0.4) is 0 Å². The summed E-state index contributed by atoms with van der Waals surface area (Å²) in [6, 6.07) is 5.54. The van der Waals surface area contributed by atoms with Gasteiger partial charge in [-0.15, -0.1) is 0 Å². The lowest BCUT2D eigenvalue weighted by atomic mass is 9.80. The number of hydrogen-bond donors (Lipinski definition) is 1. The molecule has 0 aromatic heterocycles. The van der Waals surface area contributed by atoms with Gasteiger partial charge >= 0.3 is 12.3 Å². The lowest BCUT2D eigenvalue weighted by Crippen LogP contribution is -2.47. The molecule has 7 nitrogen and oxygen atoms in total. The third kappa shape index (κ3) is 6.28. The molecule has 3 saturated heterocycles. The largest absolute Gasteiger partial charge is 0.441 e. The highest BCUT2D eigenvalue weighted by molar-refractivity contribution is 5.79. The number of amides is 2. The molecule has 3 heterocycles. The third-order valence-corrected chi connectivity index (χ3v) is 9.02.